The quantitative estimate of drug-likeness (QED) is 0.624. The SMILES string of the molecule is O=C(CS(=O)(=O)c1ccc(Cl)cc1)Nc1cccc(NC(=O)c2ccncc2)c1. The van der Waals surface area contributed by atoms with Crippen molar-refractivity contribution >= 4 is 44.6 Å². The first-order valence-electron chi connectivity index (χ1n) is 8.43. The van der Waals surface area contributed by atoms with Crippen LogP contribution in [0.25, 0.3) is 0 Å². The van der Waals surface area contributed by atoms with Crippen LogP contribution < -0.4 is 10.6 Å². The maximum absolute atomic E-state index is 12.3. The number of halogens is 1. The molecule has 148 valence electrons. The molecule has 0 aliphatic rings. The van der Waals surface area contributed by atoms with Crippen LogP contribution in [-0.4, -0.2) is 31.0 Å². The van der Waals surface area contributed by atoms with Crippen LogP contribution in [0.1, 0.15) is 10.4 Å². The van der Waals surface area contributed by atoms with E-state index in [1.165, 1.54) is 42.7 Å². The molecule has 0 unspecified atom stereocenters. The summed E-state index contributed by atoms with van der Waals surface area (Å²) in [6.45, 7) is 0. The zero-order valence-corrected chi connectivity index (χ0v) is 16.6. The number of nitrogens with one attached hydrogen (secondary N) is 2. The number of benzene rings is 2. The summed E-state index contributed by atoms with van der Waals surface area (Å²) in [6, 6.07) is 15.1. The summed E-state index contributed by atoms with van der Waals surface area (Å²) in [5.74, 6) is -1.75. The molecule has 1 aromatic heterocycles. The summed E-state index contributed by atoms with van der Waals surface area (Å²) in [7, 11) is -3.81. The molecule has 0 radical (unpaired) electrons. The Morgan fingerprint density at radius 3 is 2.17 bits per heavy atom. The third-order valence-electron chi connectivity index (χ3n) is 3.84. The minimum Gasteiger partial charge on any atom is -0.325 e. The van der Waals surface area contributed by atoms with Gasteiger partial charge in [-0.3, -0.25) is 14.6 Å². The lowest BCUT2D eigenvalue weighted by Gasteiger charge is -2.09. The van der Waals surface area contributed by atoms with Gasteiger partial charge in [-0.15, -0.1) is 0 Å². The Morgan fingerprint density at radius 2 is 1.52 bits per heavy atom. The van der Waals surface area contributed by atoms with Gasteiger partial charge in [-0.25, -0.2) is 8.42 Å². The molecule has 0 saturated heterocycles. The highest BCUT2D eigenvalue weighted by Crippen LogP contribution is 2.18. The molecule has 29 heavy (non-hydrogen) atoms. The summed E-state index contributed by atoms with van der Waals surface area (Å²) >= 11 is 5.76. The molecule has 7 nitrogen and oxygen atoms in total. The Morgan fingerprint density at radius 1 is 0.897 bits per heavy atom. The molecule has 9 heteroatoms. The van der Waals surface area contributed by atoms with Crippen LogP contribution in [0.3, 0.4) is 0 Å². The van der Waals surface area contributed by atoms with Crippen molar-refractivity contribution in [3.05, 3.63) is 83.6 Å². The van der Waals surface area contributed by atoms with Gasteiger partial charge in [-0.2, -0.15) is 0 Å². The van der Waals surface area contributed by atoms with Gasteiger partial charge in [0.15, 0.2) is 9.84 Å². The first-order valence-corrected chi connectivity index (χ1v) is 10.5. The molecule has 0 bridgehead atoms. The highest BCUT2D eigenvalue weighted by atomic mass is 35.5. The Hall–Kier alpha value is -3.23. The molecule has 3 rings (SSSR count). The molecule has 0 aliphatic carbocycles. The number of hydrogen-bond acceptors (Lipinski definition) is 5. The predicted molar refractivity (Wildman–Crippen MR) is 111 cm³/mol. The summed E-state index contributed by atoms with van der Waals surface area (Å²) in [5, 5.41) is 5.63. The highest BCUT2D eigenvalue weighted by Gasteiger charge is 2.19. The van der Waals surface area contributed by atoms with Gasteiger partial charge in [-0.05, 0) is 54.6 Å². The van der Waals surface area contributed by atoms with Crippen LogP contribution in [0, 0.1) is 0 Å². The van der Waals surface area contributed by atoms with E-state index in [0.717, 1.165) is 0 Å². The molecule has 2 N–H and O–H groups in total. The second-order valence-electron chi connectivity index (χ2n) is 6.03. The lowest BCUT2D eigenvalue weighted by molar-refractivity contribution is -0.113. The molecular weight excluding hydrogens is 414 g/mol. The smallest absolute Gasteiger partial charge is 0.255 e. The molecule has 1 heterocycles. The normalized spacial score (nSPS) is 10.9. The minimum absolute atomic E-state index is 0.00964. The van der Waals surface area contributed by atoms with E-state index < -0.39 is 21.5 Å². The number of carbonyl (C=O) groups is 2. The third-order valence-corrected chi connectivity index (χ3v) is 5.73. The van der Waals surface area contributed by atoms with Crippen molar-refractivity contribution in [3.63, 3.8) is 0 Å². The molecule has 3 aromatic rings. The number of pyridine rings is 1. The highest BCUT2D eigenvalue weighted by molar-refractivity contribution is 7.92. The first kappa shape index (κ1) is 20.5. The van der Waals surface area contributed by atoms with Gasteiger partial charge in [-0.1, -0.05) is 17.7 Å². The third kappa shape index (κ3) is 5.63. The van der Waals surface area contributed by atoms with E-state index in [1.54, 1.807) is 30.3 Å². The van der Waals surface area contributed by atoms with Crippen LogP contribution in [0.2, 0.25) is 5.02 Å². The molecular formula is C20H16ClN3O4S. The number of sulfone groups is 1. The first-order chi connectivity index (χ1) is 13.8. The van der Waals surface area contributed by atoms with E-state index in [9.17, 15) is 18.0 Å². The van der Waals surface area contributed by atoms with Crippen molar-refractivity contribution < 1.29 is 18.0 Å². The standard InChI is InChI=1S/C20H16ClN3O4S/c21-15-4-6-18(7-5-15)29(27,28)13-19(25)23-16-2-1-3-17(12-16)24-20(26)14-8-10-22-11-9-14/h1-12H,13H2,(H,23,25)(H,24,26). The maximum Gasteiger partial charge on any atom is 0.255 e. The molecule has 2 aromatic carbocycles. The summed E-state index contributed by atoms with van der Waals surface area (Å²) in [5.41, 5.74) is 1.24. The van der Waals surface area contributed by atoms with Crippen molar-refractivity contribution in [3.8, 4) is 0 Å². The fourth-order valence-electron chi connectivity index (χ4n) is 2.48. The fourth-order valence-corrected chi connectivity index (χ4v) is 3.74. The lowest BCUT2D eigenvalue weighted by atomic mass is 10.2. The average Bonchev–Trinajstić information content (AvgIpc) is 2.68. The summed E-state index contributed by atoms with van der Waals surface area (Å²) in [6.07, 6.45) is 3.01. The number of nitrogens with zero attached hydrogens (tertiary/aromatic N) is 1. The number of hydrogen-bond donors (Lipinski definition) is 2. The van der Waals surface area contributed by atoms with Crippen molar-refractivity contribution in [1.29, 1.82) is 0 Å². The number of anilines is 2. The van der Waals surface area contributed by atoms with Gasteiger partial charge in [0.25, 0.3) is 5.91 Å². The zero-order valence-electron chi connectivity index (χ0n) is 15.0. The second kappa shape index (κ2) is 8.85. The largest absolute Gasteiger partial charge is 0.325 e. The lowest BCUT2D eigenvalue weighted by Crippen LogP contribution is -2.23. The Labute approximate surface area is 172 Å². The monoisotopic (exact) mass is 429 g/mol. The molecule has 0 saturated carbocycles. The average molecular weight is 430 g/mol. The van der Waals surface area contributed by atoms with Gasteiger partial charge >= 0.3 is 0 Å². The molecule has 0 fully saturated rings. The van der Waals surface area contributed by atoms with E-state index in [0.29, 0.717) is 22.0 Å². The molecule has 0 aliphatic heterocycles. The Bertz CT molecular complexity index is 1130. The van der Waals surface area contributed by atoms with E-state index in [-0.39, 0.29) is 10.8 Å². The van der Waals surface area contributed by atoms with Crippen LogP contribution in [-0.2, 0) is 14.6 Å². The van der Waals surface area contributed by atoms with Crippen molar-refractivity contribution in [2.24, 2.45) is 0 Å². The van der Waals surface area contributed by atoms with Crippen LogP contribution >= 0.6 is 11.6 Å². The van der Waals surface area contributed by atoms with E-state index in [1.807, 2.05) is 0 Å². The topological polar surface area (TPSA) is 105 Å². The van der Waals surface area contributed by atoms with E-state index in [2.05, 4.69) is 15.6 Å². The van der Waals surface area contributed by atoms with Crippen molar-refractivity contribution in [1.82, 2.24) is 4.98 Å². The maximum atomic E-state index is 12.3. The predicted octanol–water partition coefficient (Wildman–Crippen LogP) is 3.40. The van der Waals surface area contributed by atoms with Crippen LogP contribution in [0.5, 0.6) is 0 Å². The second-order valence-corrected chi connectivity index (χ2v) is 8.46. The van der Waals surface area contributed by atoms with E-state index in [4.69, 9.17) is 11.6 Å². The number of aromatic nitrogens is 1. The van der Waals surface area contributed by atoms with Crippen molar-refractivity contribution in [2.75, 3.05) is 16.4 Å². The Balaban J connectivity index is 1.66. The Kier molecular flexibility index (Phi) is 6.26. The minimum atomic E-state index is -3.81. The molecule has 0 atom stereocenters. The zero-order chi connectivity index (χ0) is 20.9. The van der Waals surface area contributed by atoms with Gasteiger partial charge < -0.3 is 10.6 Å². The summed E-state index contributed by atoms with van der Waals surface area (Å²) < 4.78 is 24.7. The molecule has 2 amide bonds. The number of amides is 2. The molecule has 0 spiro atoms. The van der Waals surface area contributed by atoms with E-state index >= 15 is 0 Å². The van der Waals surface area contributed by atoms with Gasteiger partial charge in [0.05, 0.1) is 4.90 Å². The van der Waals surface area contributed by atoms with Gasteiger partial charge in [0.1, 0.15) is 5.75 Å². The summed E-state index contributed by atoms with van der Waals surface area (Å²) in [4.78, 5) is 28.3. The van der Waals surface area contributed by atoms with Crippen LogP contribution in [0.15, 0.2) is 78.0 Å². The number of carbonyl (C=O) groups excluding carboxylic acids is 2. The fraction of sp³-hybridized carbons (Fsp3) is 0.0500. The number of rotatable bonds is 6. The van der Waals surface area contributed by atoms with Gasteiger partial charge in [0, 0.05) is 34.4 Å². The van der Waals surface area contributed by atoms with Crippen molar-refractivity contribution in [2.45, 2.75) is 4.90 Å². The van der Waals surface area contributed by atoms with Gasteiger partial charge in [0.2, 0.25) is 5.91 Å². The van der Waals surface area contributed by atoms with Crippen LogP contribution in [0.4, 0.5) is 11.4 Å².